The summed E-state index contributed by atoms with van der Waals surface area (Å²) in [4.78, 5) is 29.0. The molecule has 10 heteroatoms. The van der Waals surface area contributed by atoms with Crippen molar-refractivity contribution in [3.63, 3.8) is 0 Å². The van der Waals surface area contributed by atoms with Crippen LogP contribution in [0.15, 0.2) is 77.0 Å². The third kappa shape index (κ3) is 4.82. The molecule has 0 amide bonds. The van der Waals surface area contributed by atoms with E-state index in [1.54, 1.807) is 29.4 Å². The number of fused-ring (bicyclic) bond motifs is 1. The number of rotatable bonds is 7. The molecule has 1 fully saturated rings. The summed E-state index contributed by atoms with van der Waals surface area (Å²) in [5.74, 6) is 0.269. The molecule has 2 aromatic carbocycles. The van der Waals surface area contributed by atoms with E-state index in [9.17, 15) is 14.7 Å². The van der Waals surface area contributed by atoms with Gasteiger partial charge < -0.3 is 20.8 Å². The molecule has 39 heavy (non-hydrogen) atoms. The second kappa shape index (κ2) is 9.88. The maximum Gasteiger partial charge on any atom is 0.325 e. The van der Waals surface area contributed by atoms with Gasteiger partial charge in [0.05, 0.1) is 42.1 Å². The maximum atomic E-state index is 13.5. The number of amidine groups is 1. The highest BCUT2D eigenvalue weighted by atomic mass is 16.4. The van der Waals surface area contributed by atoms with Crippen molar-refractivity contribution in [2.75, 3.05) is 5.32 Å². The number of pyridine rings is 1. The van der Waals surface area contributed by atoms with Gasteiger partial charge in [-0.1, -0.05) is 24.3 Å². The van der Waals surface area contributed by atoms with E-state index in [0.717, 1.165) is 10.9 Å². The molecule has 198 valence electrons. The fourth-order valence-corrected chi connectivity index (χ4v) is 5.02. The monoisotopic (exact) mass is 524 g/mol. The van der Waals surface area contributed by atoms with Crippen LogP contribution in [0, 0.1) is 0 Å². The summed E-state index contributed by atoms with van der Waals surface area (Å²) in [6.45, 7) is 1.45. The number of aliphatic hydroxyl groups excluding tert-OH is 1. The molecule has 1 unspecified atom stereocenters. The predicted octanol–water partition coefficient (Wildman–Crippen LogP) is 3.44. The molecule has 6 rings (SSSR count). The number of hydrogen-bond donors (Lipinski definition) is 4. The predicted molar refractivity (Wildman–Crippen MR) is 149 cm³/mol. The lowest BCUT2D eigenvalue weighted by Gasteiger charge is -2.25. The lowest BCUT2D eigenvalue weighted by atomic mass is 10.0. The highest BCUT2D eigenvalue weighted by Crippen LogP contribution is 2.40. The van der Waals surface area contributed by atoms with Gasteiger partial charge in [-0.05, 0) is 54.8 Å². The number of carboxylic acids is 1. The van der Waals surface area contributed by atoms with Crippen LogP contribution in [0.25, 0.3) is 22.2 Å². The fraction of sp³-hybridized carbons (Fsp3) is 0.241. The molecule has 2 aromatic heterocycles. The molecule has 0 saturated heterocycles. The van der Waals surface area contributed by atoms with Gasteiger partial charge in [0.2, 0.25) is 0 Å². The number of hydrogen-bond acceptors (Lipinski definition) is 7. The number of anilines is 1. The van der Waals surface area contributed by atoms with Crippen molar-refractivity contribution in [3.8, 4) is 5.69 Å². The molecular weight excluding hydrogens is 496 g/mol. The Morgan fingerprint density at radius 2 is 2.05 bits per heavy atom. The Morgan fingerprint density at radius 1 is 1.21 bits per heavy atom. The lowest BCUT2D eigenvalue weighted by molar-refractivity contribution is -0.137. The van der Waals surface area contributed by atoms with Crippen LogP contribution in [-0.2, 0) is 17.9 Å². The standard InChI is InChI=1S/C29H28N6O4/c1-17-28(33-21-12-31-34(14-21)15-27(37)38)30-13-25(32-17)23-3-2-4-26(24(23)16-36)35-10-9-20-11-19(18-5-6-18)7-8-22(20)29(35)39/h2-4,7-14,17-18,32,36H,5-6,15-16H2,1H3,(H,30,33)(H,37,38). The number of carbonyl (C=O) groups is 1. The summed E-state index contributed by atoms with van der Waals surface area (Å²) >= 11 is 0. The first-order chi connectivity index (χ1) is 18.9. The Balaban J connectivity index is 1.32. The molecular formula is C29H28N6O4. The highest BCUT2D eigenvalue weighted by molar-refractivity contribution is 6.01. The van der Waals surface area contributed by atoms with Gasteiger partial charge in [-0.3, -0.25) is 18.8 Å². The number of carboxylic acid groups (broad SMARTS) is 1. The quantitative estimate of drug-likeness (QED) is 0.291. The van der Waals surface area contributed by atoms with E-state index >= 15 is 0 Å². The summed E-state index contributed by atoms with van der Waals surface area (Å²) < 4.78 is 2.92. The van der Waals surface area contributed by atoms with Crippen molar-refractivity contribution in [1.82, 2.24) is 19.7 Å². The number of benzene rings is 2. The number of aromatic nitrogens is 3. The van der Waals surface area contributed by atoms with Crippen molar-refractivity contribution in [2.45, 2.75) is 44.9 Å². The van der Waals surface area contributed by atoms with Crippen molar-refractivity contribution in [1.29, 1.82) is 0 Å². The Bertz CT molecular complexity index is 1710. The Labute approximate surface area is 223 Å². The largest absolute Gasteiger partial charge is 0.480 e. The van der Waals surface area contributed by atoms with Crippen LogP contribution < -0.4 is 16.2 Å². The van der Waals surface area contributed by atoms with Crippen LogP contribution in [0.5, 0.6) is 0 Å². The van der Waals surface area contributed by atoms with E-state index in [-0.39, 0.29) is 24.8 Å². The van der Waals surface area contributed by atoms with E-state index in [2.05, 4.69) is 26.8 Å². The van der Waals surface area contributed by atoms with Gasteiger partial charge >= 0.3 is 5.97 Å². The minimum Gasteiger partial charge on any atom is -0.480 e. The molecule has 3 heterocycles. The van der Waals surface area contributed by atoms with Gasteiger partial charge in [-0.15, -0.1) is 0 Å². The van der Waals surface area contributed by atoms with Crippen LogP contribution in [0.1, 0.15) is 42.4 Å². The first kappa shape index (κ1) is 24.6. The molecule has 2 aliphatic rings. The van der Waals surface area contributed by atoms with E-state index in [1.165, 1.54) is 23.1 Å². The highest BCUT2D eigenvalue weighted by Gasteiger charge is 2.24. The van der Waals surface area contributed by atoms with Crippen molar-refractivity contribution in [2.24, 2.45) is 4.99 Å². The van der Waals surface area contributed by atoms with Gasteiger partial charge in [0.1, 0.15) is 12.4 Å². The molecule has 0 radical (unpaired) electrons. The summed E-state index contributed by atoms with van der Waals surface area (Å²) in [6, 6.07) is 13.4. The Hall–Kier alpha value is -4.70. The molecule has 1 aliphatic carbocycles. The van der Waals surface area contributed by atoms with Gasteiger partial charge in [0, 0.05) is 28.9 Å². The number of aliphatic carboxylic acids is 1. The van der Waals surface area contributed by atoms with E-state index in [0.29, 0.717) is 39.8 Å². The molecule has 1 aliphatic heterocycles. The van der Waals surface area contributed by atoms with Crippen LogP contribution >= 0.6 is 0 Å². The first-order valence-corrected chi connectivity index (χ1v) is 12.9. The number of nitrogens with zero attached hydrogens (tertiary/aromatic N) is 4. The normalized spacial score (nSPS) is 16.9. The number of aliphatic hydroxyl groups is 1. The molecule has 0 bridgehead atoms. The van der Waals surface area contributed by atoms with Crippen LogP contribution in [0.2, 0.25) is 0 Å². The fourth-order valence-electron chi connectivity index (χ4n) is 5.02. The van der Waals surface area contributed by atoms with Gasteiger partial charge in [0.15, 0.2) is 0 Å². The Kier molecular flexibility index (Phi) is 6.24. The average Bonchev–Trinajstić information content (AvgIpc) is 3.69. The average molecular weight is 525 g/mol. The van der Waals surface area contributed by atoms with E-state index < -0.39 is 5.97 Å². The molecule has 4 aromatic rings. The van der Waals surface area contributed by atoms with E-state index in [4.69, 9.17) is 5.11 Å². The number of aliphatic imine (C=N–C) groups is 1. The molecule has 10 nitrogen and oxygen atoms in total. The third-order valence-electron chi connectivity index (χ3n) is 7.15. The topological polar surface area (TPSA) is 134 Å². The van der Waals surface area contributed by atoms with Gasteiger partial charge in [0.25, 0.3) is 5.56 Å². The molecule has 0 spiro atoms. The SMILES string of the molecule is CC1NC(c2cccc(-n3ccc4cc(C5CC5)ccc4c3=O)c2CO)=CN=C1Nc1cnn(CC(=O)O)c1. The van der Waals surface area contributed by atoms with Crippen molar-refractivity contribution < 1.29 is 15.0 Å². The number of nitrogens with one attached hydrogen (secondary N) is 2. The summed E-state index contributed by atoms with van der Waals surface area (Å²) in [6.07, 6.45) is 9.00. The zero-order chi connectivity index (χ0) is 27.1. The summed E-state index contributed by atoms with van der Waals surface area (Å²) in [5, 5.41) is 31.5. The second-order valence-electron chi connectivity index (χ2n) is 9.94. The maximum absolute atomic E-state index is 13.5. The minimum absolute atomic E-state index is 0.131. The smallest absolute Gasteiger partial charge is 0.325 e. The lowest BCUT2D eigenvalue weighted by Crippen LogP contribution is -2.39. The van der Waals surface area contributed by atoms with Crippen molar-refractivity contribution in [3.05, 3.63) is 94.3 Å². The van der Waals surface area contributed by atoms with Crippen molar-refractivity contribution >= 4 is 34.0 Å². The zero-order valence-corrected chi connectivity index (χ0v) is 21.3. The molecule has 1 saturated carbocycles. The zero-order valence-electron chi connectivity index (χ0n) is 21.3. The molecule has 4 N–H and O–H groups in total. The van der Waals surface area contributed by atoms with Gasteiger partial charge in [-0.25, -0.2) is 4.99 Å². The van der Waals surface area contributed by atoms with Crippen LogP contribution in [-0.4, -0.2) is 42.4 Å². The minimum atomic E-state index is -0.974. The third-order valence-corrected chi connectivity index (χ3v) is 7.15. The first-order valence-electron chi connectivity index (χ1n) is 12.9. The van der Waals surface area contributed by atoms with Gasteiger partial charge in [-0.2, -0.15) is 5.10 Å². The summed E-state index contributed by atoms with van der Waals surface area (Å²) in [7, 11) is 0. The Morgan fingerprint density at radius 3 is 2.79 bits per heavy atom. The summed E-state index contributed by atoms with van der Waals surface area (Å²) in [5.41, 5.74) is 4.46. The van der Waals surface area contributed by atoms with Crippen LogP contribution in [0.3, 0.4) is 0 Å². The van der Waals surface area contributed by atoms with Crippen LogP contribution in [0.4, 0.5) is 5.69 Å². The second-order valence-corrected chi connectivity index (χ2v) is 9.94. The molecule has 1 atom stereocenters. The van der Waals surface area contributed by atoms with E-state index in [1.807, 2.05) is 43.3 Å².